The summed E-state index contributed by atoms with van der Waals surface area (Å²) >= 11 is 0. The third-order valence-electron chi connectivity index (χ3n) is 4.52. The minimum absolute atomic E-state index is 0.00110. The van der Waals surface area contributed by atoms with Crippen molar-refractivity contribution in [3.63, 3.8) is 0 Å². The zero-order chi connectivity index (χ0) is 33.3. The Kier molecular flexibility index (Phi) is 1.95. The topological polar surface area (TPSA) is 17.8 Å². The van der Waals surface area contributed by atoms with Crippen LogP contribution in [0.5, 0.6) is 0 Å². The van der Waals surface area contributed by atoms with Crippen LogP contribution in [0.1, 0.15) is 77.8 Å². The Morgan fingerprint density at radius 1 is 0.857 bits per heavy atom. The van der Waals surface area contributed by atoms with Gasteiger partial charge in [0.25, 0.3) is 0 Å². The molecular weight excluding hydrogens is 340 g/mol. The van der Waals surface area contributed by atoms with E-state index in [-0.39, 0.29) is 28.0 Å². The minimum atomic E-state index is -3.52. The Morgan fingerprint density at radius 2 is 1.61 bits per heavy atom. The summed E-state index contributed by atoms with van der Waals surface area (Å²) in [5, 5.41) is 0. The number of fused-ring (bicyclic) bond motifs is 1. The van der Waals surface area contributed by atoms with Gasteiger partial charge < -0.3 is 0 Å². The van der Waals surface area contributed by atoms with Gasteiger partial charge in [0.15, 0.2) is 0 Å². The van der Waals surface area contributed by atoms with Crippen molar-refractivity contribution in [3.8, 4) is 17.1 Å². The zero-order valence-electron chi connectivity index (χ0n) is 30.8. The Bertz CT molecular complexity index is 1650. The van der Waals surface area contributed by atoms with Crippen LogP contribution < -0.4 is 0 Å². The summed E-state index contributed by atoms with van der Waals surface area (Å²) in [6, 6.07) is 15.0. The molecule has 2 nitrogen and oxygen atoms in total. The van der Waals surface area contributed by atoms with E-state index < -0.39 is 62.9 Å². The molecule has 4 aromatic rings. The first-order valence-electron chi connectivity index (χ1n) is 16.7. The van der Waals surface area contributed by atoms with Crippen LogP contribution in [-0.4, -0.2) is 9.55 Å². The summed E-state index contributed by atoms with van der Waals surface area (Å²) < 4.78 is 132. The van der Waals surface area contributed by atoms with Crippen molar-refractivity contribution in [1.82, 2.24) is 9.55 Å². The molecule has 0 aliphatic heterocycles. The maximum atomic E-state index is 9.04. The molecule has 0 spiro atoms. The van der Waals surface area contributed by atoms with Crippen molar-refractivity contribution in [2.45, 2.75) is 46.1 Å². The van der Waals surface area contributed by atoms with E-state index in [1.54, 1.807) is 18.2 Å². The quantitative estimate of drug-likeness (QED) is 0.362. The Hall–Kier alpha value is -2.87. The van der Waals surface area contributed by atoms with E-state index in [0.29, 0.717) is 0 Å². The van der Waals surface area contributed by atoms with Crippen LogP contribution in [0.2, 0.25) is 0 Å². The normalized spacial score (nSPS) is 24.5. The van der Waals surface area contributed by atoms with Crippen molar-refractivity contribution in [3.05, 3.63) is 83.4 Å². The minimum Gasteiger partial charge on any atom is -0.292 e. The standard InChI is InChI=1S/C26H28N2/c1-17(2)21-9-8-10-22(18(3)4)25(21)28-24-12-7-6-11-23(24)27-26(28)20-15-13-19(5)14-16-20/h6-18H,1-5H3/i1D2,2D3,3D3,4D3,5D3,17D,18D. The van der Waals surface area contributed by atoms with E-state index in [1.165, 1.54) is 34.9 Å². The van der Waals surface area contributed by atoms with Gasteiger partial charge in [0.2, 0.25) is 0 Å². The largest absolute Gasteiger partial charge is 0.292 e. The van der Waals surface area contributed by atoms with E-state index in [1.807, 2.05) is 0 Å². The first-order chi connectivity index (χ1) is 20.0. The van der Waals surface area contributed by atoms with Gasteiger partial charge in [-0.3, -0.25) is 4.57 Å². The summed E-state index contributed by atoms with van der Waals surface area (Å²) in [6.07, 6.45) is 0. The van der Waals surface area contributed by atoms with E-state index in [2.05, 4.69) is 4.98 Å². The predicted molar refractivity (Wildman–Crippen MR) is 119 cm³/mol. The van der Waals surface area contributed by atoms with Gasteiger partial charge in [-0.15, -0.1) is 0 Å². The first-order valence-corrected chi connectivity index (χ1v) is 8.55. The summed E-state index contributed by atoms with van der Waals surface area (Å²) in [7, 11) is 0. The van der Waals surface area contributed by atoms with Crippen molar-refractivity contribution >= 4 is 11.0 Å². The highest BCUT2D eigenvalue weighted by Crippen LogP contribution is 2.37. The predicted octanol–water partition coefficient (Wildman–Crippen LogP) is 7.25. The monoisotopic (exact) mass is 384 g/mol. The number of hydrogen-bond acceptors (Lipinski definition) is 1. The second kappa shape index (κ2) is 7.27. The maximum Gasteiger partial charge on any atom is 0.145 e. The van der Waals surface area contributed by atoms with Gasteiger partial charge >= 0.3 is 0 Å². The molecule has 0 aliphatic rings. The number of hydrogen-bond donors (Lipinski definition) is 0. The fraction of sp³-hybridized carbons (Fsp3) is 0.269. The third-order valence-corrected chi connectivity index (χ3v) is 4.52. The van der Waals surface area contributed by atoms with Crippen LogP contribution in [0.25, 0.3) is 28.1 Å². The molecule has 3 aromatic carbocycles. The number of rotatable bonds is 4. The SMILES string of the molecule is [2H]C([2H])C([2H])(c1cccc(C([2H])(C([2H])([2H])[2H])C([2H])([2H])[2H])c1-n1c(-c2ccc(C([2H])([2H])[2H])cc2)nc2ccccc21)C([2H])([2H])[2H]. The van der Waals surface area contributed by atoms with Gasteiger partial charge in [0.05, 0.1) is 16.7 Å². The van der Waals surface area contributed by atoms with E-state index in [4.69, 9.17) is 21.9 Å². The molecule has 0 fully saturated rings. The maximum absolute atomic E-state index is 9.04. The molecule has 1 unspecified atom stereocenters. The number of aromatic nitrogens is 2. The van der Waals surface area contributed by atoms with Gasteiger partial charge in [0.1, 0.15) is 5.82 Å². The van der Waals surface area contributed by atoms with Crippen LogP contribution in [0.15, 0.2) is 66.7 Å². The van der Waals surface area contributed by atoms with E-state index >= 15 is 0 Å². The summed E-state index contributed by atoms with van der Waals surface area (Å²) in [5.74, 6) is -6.46. The summed E-state index contributed by atoms with van der Waals surface area (Å²) in [6.45, 7) is -15.2. The molecule has 1 atom stereocenters. The number of benzene rings is 3. The Balaban J connectivity index is 2.29. The lowest BCUT2D eigenvalue weighted by molar-refractivity contribution is 0.811. The summed E-state index contributed by atoms with van der Waals surface area (Å²) in [5.41, 5.74) is -1.05. The van der Waals surface area contributed by atoms with Gasteiger partial charge in [-0.2, -0.15) is 0 Å². The molecule has 0 saturated heterocycles. The van der Waals surface area contributed by atoms with Crippen LogP contribution in [0, 0.1) is 6.85 Å². The molecule has 1 aromatic heterocycles. The highest BCUT2D eigenvalue weighted by atomic mass is 15.1. The van der Waals surface area contributed by atoms with Gasteiger partial charge in [0, 0.05) is 27.5 Å². The highest BCUT2D eigenvalue weighted by Gasteiger charge is 2.21. The molecule has 0 saturated carbocycles. The average molecular weight is 385 g/mol. The van der Waals surface area contributed by atoms with Crippen molar-refractivity contribution < 1.29 is 21.9 Å². The van der Waals surface area contributed by atoms with Crippen LogP contribution in [0.4, 0.5) is 0 Å². The average Bonchev–Trinajstić information content (AvgIpc) is 3.28. The molecule has 0 aliphatic carbocycles. The third kappa shape index (κ3) is 3.13. The molecule has 1 heterocycles. The zero-order valence-corrected chi connectivity index (χ0v) is 14.8. The molecule has 4 rings (SSSR count). The number of imidazole rings is 1. The second-order valence-electron chi connectivity index (χ2n) is 6.33. The van der Waals surface area contributed by atoms with Crippen molar-refractivity contribution in [1.29, 1.82) is 0 Å². The Labute approximate surface area is 190 Å². The lowest BCUT2D eigenvalue weighted by Crippen LogP contribution is -2.08. The van der Waals surface area contributed by atoms with E-state index in [0.717, 1.165) is 18.2 Å². The number of aryl methyl sites for hydroxylation is 1. The van der Waals surface area contributed by atoms with E-state index in [9.17, 15) is 0 Å². The Morgan fingerprint density at radius 3 is 2.32 bits per heavy atom. The molecule has 0 amide bonds. The van der Waals surface area contributed by atoms with Crippen LogP contribution in [0.3, 0.4) is 0 Å². The molecule has 0 radical (unpaired) electrons. The number of nitrogens with zero attached hydrogens (tertiary/aromatic N) is 2. The lowest BCUT2D eigenvalue weighted by atomic mass is 9.92. The molecule has 28 heavy (non-hydrogen) atoms. The highest BCUT2D eigenvalue weighted by molar-refractivity contribution is 5.84. The van der Waals surface area contributed by atoms with Crippen LogP contribution >= 0.6 is 0 Å². The number of para-hydroxylation sites is 3. The van der Waals surface area contributed by atoms with Crippen molar-refractivity contribution in [2.75, 3.05) is 0 Å². The smallest absolute Gasteiger partial charge is 0.145 e. The molecule has 2 heteroatoms. The van der Waals surface area contributed by atoms with Crippen LogP contribution in [-0.2, 0) is 0 Å². The first kappa shape index (κ1) is 7.51. The van der Waals surface area contributed by atoms with Crippen molar-refractivity contribution in [2.24, 2.45) is 0 Å². The molecular formula is C26H28N2. The lowest BCUT2D eigenvalue weighted by Gasteiger charge is -2.22. The fourth-order valence-corrected chi connectivity index (χ4v) is 3.27. The van der Waals surface area contributed by atoms with Gasteiger partial charge in [-0.25, -0.2) is 4.98 Å². The van der Waals surface area contributed by atoms with Gasteiger partial charge in [-0.05, 0) is 41.9 Å². The molecule has 142 valence electrons. The van der Waals surface area contributed by atoms with Gasteiger partial charge in [-0.1, -0.05) is 87.6 Å². The second-order valence-corrected chi connectivity index (χ2v) is 6.33. The molecule has 0 bridgehead atoms. The molecule has 0 N–H and O–H groups in total. The summed E-state index contributed by atoms with van der Waals surface area (Å²) in [4.78, 5) is 4.61. The fourth-order valence-electron chi connectivity index (χ4n) is 3.27.